The Morgan fingerprint density at radius 1 is 1.29 bits per heavy atom. The van der Waals surface area contributed by atoms with E-state index < -0.39 is 10.0 Å². The van der Waals surface area contributed by atoms with Gasteiger partial charge in [0.15, 0.2) is 0 Å². The highest BCUT2D eigenvalue weighted by Gasteiger charge is 2.19. The van der Waals surface area contributed by atoms with E-state index in [1.54, 1.807) is 32.9 Å². The molecular formula is C15H18N4O4S. The summed E-state index contributed by atoms with van der Waals surface area (Å²) in [5.74, 6) is 1.77. The third kappa shape index (κ3) is 2.87. The van der Waals surface area contributed by atoms with Crippen molar-refractivity contribution in [2.75, 3.05) is 0 Å². The number of fused-ring (bicyclic) bond motifs is 1. The minimum atomic E-state index is -3.77. The average Bonchev–Trinajstić information content (AvgIpc) is 3.16. The van der Waals surface area contributed by atoms with Crippen molar-refractivity contribution in [3.8, 4) is 0 Å². The fraction of sp³-hybridized carbons (Fsp3) is 0.333. The second-order valence-corrected chi connectivity index (χ2v) is 7.20. The van der Waals surface area contributed by atoms with Crippen LogP contribution in [0.5, 0.6) is 0 Å². The van der Waals surface area contributed by atoms with Crippen LogP contribution in [0.15, 0.2) is 38.5 Å². The van der Waals surface area contributed by atoms with Gasteiger partial charge in [0.05, 0.1) is 6.54 Å². The summed E-state index contributed by atoms with van der Waals surface area (Å²) in [7, 11) is -3.77. The highest BCUT2D eigenvalue weighted by Crippen LogP contribution is 2.15. The third-order valence-electron chi connectivity index (χ3n) is 3.70. The maximum atomic E-state index is 12.5. The monoisotopic (exact) mass is 350 g/mol. The Balaban J connectivity index is 1.97. The van der Waals surface area contributed by atoms with Gasteiger partial charge >= 0.3 is 0 Å². The molecule has 0 aromatic carbocycles. The summed E-state index contributed by atoms with van der Waals surface area (Å²) in [5, 5.41) is 4.15. The second-order valence-electron chi connectivity index (χ2n) is 5.44. The molecule has 3 aromatic rings. The lowest BCUT2D eigenvalue weighted by molar-refractivity contribution is 0.475. The lowest BCUT2D eigenvalue weighted by atomic mass is 10.4. The standard InChI is InChI=1S/C15H18N4O4S/c1-4-19-15(20)14-7-13(9-18(14)11(3)17-19)24(21,22)16-8-12-6-5-10(2)23-12/h5-7,9,16H,4,8H2,1-3H3. The van der Waals surface area contributed by atoms with Gasteiger partial charge < -0.3 is 4.42 Å². The molecule has 3 aromatic heterocycles. The quantitative estimate of drug-likeness (QED) is 0.745. The first-order chi connectivity index (χ1) is 11.3. The molecule has 0 amide bonds. The summed E-state index contributed by atoms with van der Waals surface area (Å²) in [4.78, 5) is 12.3. The first-order valence-electron chi connectivity index (χ1n) is 7.46. The number of nitrogens with one attached hydrogen (secondary N) is 1. The van der Waals surface area contributed by atoms with Crippen LogP contribution in [-0.4, -0.2) is 22.6 Å². The van der Waals surface area contributed by atoms with Crippen LogP contribution in [0.2, 0.25) is 0 Å². The van der Waals surface area contributed by atoms with Crippen molar-refractivity contribution in [2.45, 2.75) is 38.8 Å². The molecule has 0 unspecified atom stereocenters. The van der Waals surface area contributed by atoms with Crippen LogP contribution in [0.1, 0.15) is 24.3 Å². The number of nitrogens with zero attached hydrogens (tertiary/aromatic N) is 3. The summed E-state index contributed by atoms with van der Waals surface area (Å²) >= 11 is 0. The largest absolute Gasteiger partial charge is 0.465 e. The highest BCUT2D eigenvalue weighted by molar-refractivity contribution is 7.89. The van der Waals surface area contributed by atoms with Crippen molar-refractivity contribution in [3.05, 3.63) is 52.1 Å². The number of hydrogen-bond donors (Lipinski definition) is 1. The Bertz CT molecular complexity index is 1060. The molecule has 3 rings (SSSR count). The molecule has 0 aliphatic carbocycles. The Hall–Kier alpha value is -2.39. The van der Waals surface area contributed by atoms with Crippen LogP contribution in [-0.2, 0) is 23.1 Å². The van der Waals surface area contributed by atoms with E-state index in [0.29, 0.717) is 23.9 Å². The van der Waals surface area contributed by atoms with Gasteiger partial charge in [0.25, 0.3) is 5.56 Å². The molecule has 0 aliphatic heterocycles. The van der Waals surface area contributed by atoms with E-state index in [1.165, 1.54) is 21.3 Å². The predicted molar refractivity (Wildman–Crippen MR) is 87.3 cm³/mol. The van der Waals surface area contributed by atoms with E-state index >= 15 is 0 Å². The molecule has 0 fully saturated rings. The van der Waals surface area contributed by atoms with Crippen LogP contribution >= 0.6 is 0 Å². The lowest BCUT2D eigenvalue weighted by Gasteiger charge is -2.04. The zero-order valence-corrected chi connectivity index (χ0v) is 14.4. The smallest absolute Gasteiger partial charge is 0.291 e. The highest BCUT2D eigenvalue weighted by atomic mass is 32.2. The fourth-order valence-electron chi connectivity index (χ4n) is 2.46. The minimum Gasteiger partial charge on any atom is -0.465 e. The molecule has 3 heterocycles. The molecule has 0 saturated heterocycles. The molecule has 1 N–H and O–H groups in total. The number of aromatic nitrogens is 3. The predicted octanol–water partition coefficient (Wildman–Crippen LogP) is 1.20. The molecule has 0 saturated carbocycles. The van der Waals surface area contributed by atoms with Gasteiger partial charge in [0.1, 0.15) is 27.8 Å². The maximum absolute atomic E-state index is 12.5. The summed E-state index contributed by atoms with van der Waals surface area (Å²) in [5.41, 5.74) is -0.0511. The number of aryl methyl sites for hydroxylation is 3. The number of rotatable bonds is 5. The van der Waals surface area contributed by atoms with E-state index in [9.17, 15) is 13.2 Å². The van der Waals surface area contributed by atoms with Crippen molar-refractivity contribution in [1.29, 1.82) is 0 Å². The Morgan fingerprint density at radius 3 is 2.67 bits per heavy atom. The van der Waals surface area contributed by atoms with Gasteiger partial charge in [-0.25, -0.2) is 17.8 Å². The number of hydrogen-bond acceptors (Lipinski definition) is 5. The van der Waals surface area contributed by atoms with Crippen LogP contribution < -0.4 is 10.3 Å². The van der Waals surface area contributed by atoms with Crippen molar-refractivity contribution in [2.24, 2.45) is 0 Å². The van der Waals surface area contributed by atoms with E-state index in [1.807, 2.05) is 0 Å². The molecule has 0 aliphatic rings. The first-order valence-corrected chi connectivity index (χ1v) is 8.95. The molecule has 0 spiro atoms. The topological polar surface area (TPSA) is 98.6 Å². The van der Waals surface area contributed by atoms with E-state index in [-0.39, 0.29) is 22.5 Å². The third-order valence-corrected chi connectivity index (χ3v) is 5.07. The first kappa shape index (κ1) is 16.5. The van der Waals surface area contributed by atoms with Crippen LogP contribution in [0.25, 0.3) is 5.52 Å². The summed E-state index contributed by atoms with van der Waals surface area (Å²) in [6.07, 6.45) is 1.40. The van der Waals surface area contributed by atoms with Crippen LogP contribution in [0.4, 0.5) is 0 Å². The Kier molecular flexibility index (Phi) is 4.06. The van der Waals surface area contributed by atoms with Crippen molar-refractivity contribution < 1.29 is 12.8 Å². The fourth-order valence-corrected chi connectivity index (χ4v) is 3.47. The Labute approximate surface area is 138 Å². The van der Waals surface area contributed by atoms with Gasteiger partial charge in [-0.15, -0.1) is 0 Å². The zero-order valence-electron chi connectivity index (χ0n) is 13.6. The molecule has 0 atom stereocenters. The van der Waals surface area contributed by atoms with E-state index in [0.717, 1.165) is 0 Å². The van der Waals surface area contributed by atoms with Gasteiger partial charge in [0, 0.05) is 12.7 Å². The second kappa shape index (κ2) is 5.91. The Morgan fingerprint density at radius 2 is 2.04 bits per heavy atom. The summed E-state index contributed by atoms with van der Waals surface area (Å²) < 4.78 is 35.5. The maximum Gasteiger partial charge on any atom is 0.291 e. The molecule has 128 valence electrons. The SMILES string of the molecule is CCn1nc(C)n2cc(S(=O)(=O)NCc3ccc(C)o3)cc2c1=O. The van der Waals surface area contributed by atoms with Gasteiger partial charge in [-0.3, -0.25) is 9.20 Å². The lowest BCUT2D eigenvalue weighted by Crippen LogP contribution is -2.25. The molecule has 24 heavy (non-hydrogen) atoms. The van der Waals surface area contributed by atoms with E-state index in [4.69, 9.17) is 4.42 Å². The average molecular weight is 350 g/mol. The molecular weight excluding hydrogens is 332 g/mol. The summed E-state index contributed by atoms with van der Waals surface area (Å²) in [6, 6.07) is 4.83. The number of sulfonamides is 1. The zero-order chi connectivity index (χ0) is 17.5. The van der Waals surface area contributed by atoms with Crippen LogP contribution in [0.3, 0.4) is 0 Å². The van der Waals surface area contributed by atoms with Crippen molar-refractivity contribution >= 4 is 15.5 Å². The molecule has 8 nitrogen and oxygen atoms in total. The van der Waals surface area contributed by atoms with Crippen LogP contribution in [0, 0.1) is 13.8 Å². The summed E-state index contributed by atoms with van der Waals surface area (Å²) in [6.45, 7) is 5.76. The van der Waals surface area contributed by atoms with Crippen molar-refractivity contribution in [1.82, 2.24) is 18.9 Å². The van der Waals surface area contributed by atoms with Gasteiger partial charge in [-0.2, -0.15) is 5.10 Å². The molecule has 9 heteroatoms. The van der Waals surface area contributed by atoms with Gasteiger partial charge in [-0.05, 0) is 39.0 Å². The minimum absolute atomic E-state index is 0.0154. The molecule has 0 bridgehead atoms. The van der Waals surface area contributed by atoms with Gasteiger partial charge in [0.2, 0.25) is 10.0 Å². The van der Waals surface area contributed by atoms with Gasteiger partial charge in [-0.1, -0.05) is 0 Å². The normalized spacial score (nSPS) is 12.1. The van der Waals surface area contributed by atoms with E-state index in [2.05, 4.69) is 9.82 Å². The van der Waals surface area contributed by atoms with Crippen molar-refractivity contribution in [3.63, 3.8) is 0 Å². The molecule has 0 radical (unpaired) electrons. The number of furan rings is 1.